The monoisotopic (exact) mass is 292 g/mol. The smallest absolute Gasteiger partial charge is 0.194 e. The molecule has 98 valence electrons. The van der Waals surface area contributed by atoms with Gasteiger partial charge in [0.25, 0.3) is 0 Å². The first kappa shape index (κ1) is 13.8. The van der Waals surface area contributed by atoms with Crippen LogP contribution in [0.25, 0.3) is 0 Å². The molecule has 1 aliphatic heterocycles. The number of hydrogen-bond acceptors (Lipinski definition) is 3. The van der Waals surface area contributed by atoms with Gasteiger partial charge in [-0.25, -0.2) is 4.99 Å². The van der Waals surface area contributed by atoms with Gasteiger partial charge >= 0.3 is 0 Å². The Morgan fingerprint density at radius 2 is 2.00 bits per heavy atom. The summed E-state index contributed by atoms with van der Waals surface area (Å²) in [6, 6.07) is 9.84. The van der Waals surface area contributed by atoms with Crippen molar-refractivity contribution in [2.24, 2.45) is 10.9 Å². The van der Waals surface area contributed by atoms with Crippen LogP contribution in [0.3, 0.4) is 0 Å². The molecule has 0 fully saturated rings. The number of benzene rings is 1. The van der Waals surface area contributed by atoms with Gasteiger partial charge in [-0.2, -0.15) is 5.26 Å². The van der Waals surface area contributed by atoms with Gasteiger partial charge < -0.3 is 10.2 Å². The summed E-state index contributed by atoms with van der Waals surface area (Å²) in [5.74, 6) is -0.515. The maximum Gasteiger partial charge on any atom is 0.194 e. The summed E-state index contributed by atoms with van der Waals surface area (Å²) in [7, 11) is 3.95. The predicted octanol–water partition coefficient (Wildman–Crippen LogP) is 2.46. The van der Waals surface area contributed by atoms with Crippen LogP contribution < -0.4 is 10.2 Å². The van der Waals surface area contributed by atoms with Crippen LogP contribution in [-0.4, -0.2) is 24.4 Å². The zero-order valence-corrected chi connectivity index (χ0v) is 12.2. The number of nitrogens with zero attached hydrogens (tertiary/aromatic N) is 3. The molecule has 4 nitrogen and oxygen atoms in total. The first-order valence-corrected chi connectivity index (χ1v) is 6.53. The topological polar surface area (TPSA) is 51.4 Å². The summed E-state index contributed by atoms with van der Waals surface area (Å²) in [6.07, 6.45) is 0. The van der Waals surface area contributed by atoms with Crippen LogP contribution in [0.15, 0.2) is 29.3 Å². The Hall–Kier alpha value is -1.64. The lowest BCUT2D eigenvalue weighted by atomic mass is 9.93. The van der Waals surface area contributed by atoms with Crippen LogP contribution in [0.2, 0.25) is 0 Å². The fraction of sp³-hybridized carbons (Fsp3) is 0.308. The highest BCUT2D eigenvalue weighted by Crippen LogP contribution is 2.28. The van der Waals surface area contributed by atoms with E-state index in [0.29, 0.717) is 5.11 Å². The fourth-order valence-corrected chi connectivity index (χ4v) is 2.47. The molecule has 2 atom stereocenters. The maximum atomic E-state index is 9.22. The van der Waals surface area contributed by atoms with Gasteiger partial charge in [-0.15, -0.1) is 0 Å². The van der Waals surface area contributed by atoms with E-state index in [4.69, 9.17) is 23.8 Å². The van der Waals surface area contributed by atoms with E-state index < -0.39 is 5.92 Å². The molecule has 0 saturated carbocycles. The van der Waals surface area contributed by atoms with Crippen molar-refractivity contribution < 1.29 is 0 Å². The summed E-state index contributed by atoms with van der Waals surface area (Å²) < 4.78 is 0. The average molecular weight is 293 g/mol. The summed E-state index contributed by atoms with van der Waals surface area (Å²) in [5.41, 5.74) is 2.06. The second-order valence-electron chi connectivity index (χ2n) is 4.45. The number of anilines is 1. The third-order valence-electron chi connectivity index (χ3n) is 2.98. The van der Waals surface area contributed by atoms with Crippen molar-refractivity contribution >= 4 is 39.8 Å². The predicted molar refractivity (Wildman–Crippen MR) is 81.6 cm³/mol. The standard InChI is InChI=1S/C13H13ClN4S/c1-18(2)9-5-3-8(4-6-9)11-10(7-15)12(14)17-13(19)16-11/h3-6,10-11H,1-2H3,(H,16,19). The van der Waals surface area contributed by atoms with E-state index in [0.717, 1.165) is 11.3 Å². The lowest BCUT2D eigenvalue weighted by Crippen LogP contribution is -2.38. The Kier molecular flexibility index (Phi) is 4.03. The highest BCUT2D eigenvalue weighted by molar-refractivity contribution is 7.80. The van der Waals surface area contributed by atoms with E-state index >= 15 is 0 Å². The Labute approximate surface area is 122 Å². The molecule has 6 heteroatoms. The van der Waals surface area contributed by atoms with Gasteiger partial charge in [-0.05, 0) is 29.9 Å². The Morgan fingerprint density at radius 3 is 2.53 bits per heavy atom. The van der Waals surface area contributed by atoms with E-state index in [1.807, 2.05) is 43.3 Å². The third kappa shape index (κ3) is 2.86. The molecule has 1 aliphatic rings. The Morgan fingerprint density at radius 1 is 1.37 bits per heavy atom. The molecule has 0 saturated heterocycles. The molecule has 1 N–H and O–H groups in total. The lowest BCUT2D eigenvalue weighted by molar-refractivity contribution is 0.585. The molecule has 0 aliphatic carbocycles. The molecule has 19 heavy (non-hydrogen) atoms. The normalized spacial score (nSPS) is 22.2. The minimum atomic E-state index is -0.515. The van der Waals surface area contributed by atoms with Crippen molar-refractivity contribution in [2.75, 3.05) is 19.0 Å². The minimum Gasteiger partial charge on any atom is -0.378 e. The molecule has 1 aromatic carbocycles. The second kappa shape index (κ2) is 5.55. The summed E-state index contributed by atoms with van der Waals surface area (Å²) in [6.45, 7) is 0. The van der Waals surface area contributed by atoms with Crippen molar-refractivity contribution in [2.45, 2.75) is 6.04 Å². The molecule has 0 amide bonds. The molecule has 2 unspecified atom stereocenters. The van der Waals surface area contributed by atoms with Gasteiger partial charge in [-0.1, -0.05) is 23.7 Å². The Balaban J connectivity index is 2.33. The zero-order chi connectivity index (χ0) is 14.0. The number of nitrogens with one attached hydrogen (secondary N) is 1. The van der Waals surface area contributed by atoms with Crippen molar-refractivity contribution in [3.63, 3.8) is 0 Å². The molecule has 1 heterocycles. The molecule has 0 radical (unpaired) electrons. The van der Waals surface area contributed by atoms with Gasteiger partial charge in [0.05, 0.1) is 12.1 Å². The van der Waals surface area contributed by atoms with Crippen LogP contribution in [0.5, 0.6) is 0 Å². The van der Waals surface area contributed by atoms with Crippen LogP contribution in [0.1, 0.15) is 11.6 Å². The van der Waals surface area contributed by atoms with Gasteiger partial charge in [-0.3, -0.25) is 0 Å². The number of rotatable bonds is 2. The highest BCUT2D eigenvalue weighted by Gasteiger charge is 2.31. The fourth-order valence-electron chi connectivity index (χ4n) is 1.94. The number of aliphatic imine (C=N–C) groups is 1. The third-order valence-corrected chi connectivity index (χ3v) is 3.51. The van der Waals surface area contributed by atoms with Gasteiger partial charge in [0.1, 0.15) is 11.1 Å². The zero-order valence-electron chi connectivity index (χ0n) is 10.6. The number of thiocarbonyl (C=S) groups is 1. The minimum absolute atomic E-state index is 0.243. The lowest BCUT2D eigenvalue weighted by Gasteiger charge is -2.27. The van der Waals surface area contributed by atoms with E-state index in [-0.39, 0.29) is 11.2 Å². The summed E-state index contributed by atoms with van der Waals surface area (Å²) >= 11 is 11.0. The van der Waals surface area contributed by atoms with E-state index in [2.05, 4.69) is 16.4 Å². The second-order valence-corrected chi connectivity index (χ2v) is 5.23. The highest BCUT2D eigenvalue weighted by atomic mass is 35.5. The van der Waals surface area contributed by atoms with E-state index in [9.17, 15) is 5.26 Å². The largest absolute Gasteiger partial charge is 0.378 e. The number of nitriles is 1. The van der Waals surface area contributed by atoms with Crippen LogP contribution in [-0.2, 0) is 0 Å². The van der Waals surface area contributed by atoms with Crippen LogP contribution in [0.4, 0.5) is 5.69 Å². The van der Waals surface area contributed by atoms with Crippen molar-refractivity contribution in [3.05, 3.63) is 29.8 Å². The van der Waals surface area contributed by atoms with Gasteiger partial charge in [0.15, 0.2) is 5.11 Å². The van der Waals surface area contributed by atoms with E-state index in [1.54, 1.807) is 0 Å². The van der Waals surface area contributed by atoms with Crippen molar-refractivity contribution in [3.8, 4) is 6.07 Å². The SMILES string of the molecule is CN(C)c1ccc(C2NC(=S)N=C(Cl)C2C#N)cc1. The summed E-state index contributed by atoms with van der Waals surface area (Å²) in [4.78, 5) is 5.94. The average Bonchev–Trinajstić information content (AvgIpc) is 2.38. The molecule has 0 aromatic heterocycles. The number of hydrogen-bond donors (Lipinski definition) is 1. The molecule has 2 rings (SSSR count). The molecular weight excluding hydrogens is 280 g/mol. The van der Waals surface area contributed by atoms with Crippen molar-refractivity contribution in [1.82, 2.24) is 5.32 Å². The number of halogens is 1. The van der Waals surface area contributed by atoms with Crippen LogP contribution >= 0.6 is 23.8 Å². The first-order chi connectivity index (χ1) is 9.02. The quantitative estimate of drug-likeness (QED) is 0.851. The molecule has 0 bridgehead atoms. The van der Waals surface area contributed by atoms with E-state index in [1.165, 1.54) is 0 Å². The molecule has 0 spiro atoms. The first-order valence-electron chi connectivity index (χ1n) is 5.74. The van der Waals surface area contributed by atoms with Crippen LogP contribution in [0, 0.1) is 17.2 Å². The van der Waals surface area contributed by atoms with Gasteiger partial charge in [0, 0.05) is 19.8 Å². The molecule has 1 aromatic rings. The Bertz CT molecular complexity index is 559. The maximum absolute atomic E-state index is 9.22. The molecular formula is C13H13ClN4S. The van der Waals surface area contributed by atoms with Crippen molar-refractivity contribution in [1.29, 1.82) is 5.26 Å². The summed E-state index contributed by atoms with van der Waals surface area (Å²) in [5, 5.41) is 12.8. The van der Waals surface area contributed by atoms with Gasteiger partial charge in [0.2, 0.25) is 0 Å².